The van der Waals surface area contributed by atoms with Gasteiger partial charge in [0.1, 0.15) is 5.15 Å². The number of benzene rings is 1. The van der Waals surface area contributed by atoms with Crippen LogP contribution in [0.3, 0.4) is 0 Å². The third kappa shape index (κ3) is 4.68. The first-order valence-corrected chi connectivity index (χ1v) is 13.3. The van der Waals surface area contributed by atoms with Crippen LogP contribution in [-0.2, 0) is 17.8 Å². The molecule has 186 valence electrons. The lowest BCUT2D eigenvalue weighted by molar-refractivity contribution is -0.118. The molecule has 0 spiro atoms. The third-order valence-electron chi connectivity index (χ3n) is 6.92. The summed E-state index contributed by atoms with van der Waals surface area (Å²) in [6.45, 7) is 1.73. The standard InChI is InChI=1S/C27H27ClN4O3S/c1-17-21(14-25(34)32(27-29-11-12-36-27)20-5-3-2-4-6-20)22-13-18(16-33)7-9-23(22)31(17)26(35)19-8-10-24(28)30-15-19/h7-13,15,20,33H,2-6,14,16H2,1H3. The van der Waals surface area contributed by atoms with Crippen LogP contribution in [0, 0.1) is 6.92 Å². The number of hydrogen-bond donors (Lipinski definition) is 1. The number of fused-ring (bicyclic) bond motifs is 1. The van der Waals surface area contributed by atoms with E-state index in [-0.39, 0.29) is 30.9 Å². The van der Waals surface area contributed by atoms with Crippen LogP contribution in [0.5, 0.6) is 0 Å². The van der Waals surface area contributed by atoms with E-state index in [9.17, 15) is 14.7 Å². The summed E-state index contributed by atoms with van der Waals surface area (Å²) in [7, 11) is 0. The van der Waals surface area contributed by atoms with Crippen LogP contribution in [0.4, 0.5) is 5.13 Å². The number of hydrogen-bond acceptors (Lipinski definition) is 6. The highest BCUT2D eigenvalue weighted by atomic mass is 35.5. The molecule has 1 aliphatic rings. The number of carbonyl (C=O) groups excluding carboxylic acids is 2. The van der Waals surface area contributed by atoms with Crippen LogP contribution < -0.4 is 4.90 Å². The average molecular weight is 523 g/mol. The lowest BCUT2D eigenvalue weighted by atomic mass is 9.94. The van der Waals surface area contributed by atoms with Crippen molar-refractivity contribution in [1.29, 1.82) is 0 Å². The molecule has 0 bridgehead atoms. The molecule has 1 saturated carbocycles. The Morgan fingerprint density at radius 2 is 1.97 bits per heavy atom. The van der Waals surface area contributed by atoms with Gasteiger partial charge in [0.2, 0.25) is 5.91 Å². The predicted molar refractivity (Wildman–Crippen MR) is 142 cm³/mol. The quantitative estimate of drug-likeness (QED) is 0.336. The number of aliphatic hydroxyl groups is 1. The number of halogens is 1. The highest BCUT2D eigenvalue weighted by Crippen LogP contribution is 2.33. The Kier molecular flexibility index (Phi) is 7.18. The van der Waals surface area contributed by atoms with E-state index in [1.807, 2.05) is 29.3 Å². The number of carbonyl (C=O) groups is 2. The fraction of sp³-hybridized carbons (Fsp3) is 0.333. The second-order valence-electron chi connectivity index (χ2n) is 9.13. The van der Waals surface area contributed by atoms with Gasteiger partial charge in [0.15, 0.2) is 5.13 Å². The highest BCUT2D eigenvalue weighted by molar-refractivity contribution is 7.13. The number of pyridine rings is 1. The summed E-state index contributed by atoms with van der Waals surface area (Å²) in [5.74, 6) is -0.282. The minimum atomic E-state index is -0.249. The van der Waals surface area contributed by atoms with E-state index in [0.29, 0.717) is 27.1 Å². The first-order valence-electron chi connectivity index (χ1n) is 12.1. The van der Waals surface area contributed by atoms with Crippen LogP contribution in [-0.4, -0.2) is 37.5 Å². The summed E-state index contributed by atoms with van der Waals surface area (Å²) in [5.41, 5.74) is 3.27. The Bertz CT molecular complexity index is 1390. The Morgan fingerprint density at radius 1 is 1.17 bits per heavy atom. The Labute approximate surface area is 218 Å². The van der Waals surface area contributed by atoms with Crippen molar-refractivity contribution in [2.45, 2.75) is 58.1 Å². The monoisotopic (exact) mass is 522 g/mol. The number of nitrogens with zero attached hydrogens (tertiary/aromatic N) is 4. The normalized spacial score (nSPS) is 14.3. The zero-order chi connectivity index (χ0) is 25.2. The van der Waals surface area contributed by atoms with Gasteiger partial charge in [-0.25, -0.2) is 9.97 Å². The van der Waals surface area contributed by atoms with Crippen molar-refractivity contribution in [2.24, 2.45) is 0 Å². The molecular formula is C27H27ClN4O3S. The molecule has 1 aromatic carbocycles. The van der Waals surface area contributed by atoms with Crippen LogP contribution in [0.2, 0.25) is 5.15 Å². The Morgan fingerprint density at radius 3 is 2.64 bits per heavy atom. The van der Waals surface area contributed by atoms with Gasteiger partial charge in [-0.05, 0) is 55.2 Å². The van der Waals surface area contributed by atoms with E-state index in [1.165, 1.54) is 24.0 Å². The molecule has 7 nitrogen and oxygen atoms in total. The average Bonchev–Trinajstić information content (AvgIpc) is 3.51. The van der Waals surface area contributed by atoms with Crippen LogP contribution in [0.1, 0.15) is 59.3 Å². The molecule has 5 rings (SSSR count). The molecule has 1 amide bonds. The minimum absolute atomic E-state index is 0.0333. The Hall–Kier alpha value is -3.07. The maximum Gasteiger partial charge on any atom is 0.264 e. The van der Waals surface area contributed by atoms with Crippen LogP contribution >= 0.6 is 22.9 Å². The highest BCUT2D eigenvalue weighted by Gasteiger charge is 2.30. The first-order chi connectivity index (χ1) is 17.5. The number of anilines is 1. The summed E-state index contributed by atoms with van der Waals surface area (Å²) < 4.78 is 1.62. The molecule has 1 fully saturated rings. The van der Waals surface area contributed by atoms with E-state index in [1.54, 1.807) is 29.0 Å². The maximum atomic E-state index is 13.9. The van der Waals surface area contributed by atoms with Crippen molar-refractivity contribution in [3.05, 3.63) is 75.6 Å². The molecule has 0 unspecified atom stereocenters. The van der Waals surface area contributed by atoms with Gasteiger partial charge in [0, 0.05) is 34.9 Å². The lowest BCUT2D eigenvalue weighted by Gasteiger charge is -2.32. The number of rotatable bonds is 6. The smallest absolute Gasteiger partial charge is 0.264 e. The molecule has 4 aromatic rings. The summed E-state index contributed by atoms with van der Waals surface area (Å²) in [6, 6.07) is 8.83. The Balaban J connectivity index is 1.58. The van der Waals surface area contributed by atoms with Crippen molar-refractivity contribution in [2.75, 3.05) is 4.90 Å². The fourth-order valence-corrected chi connectivity index (χ4v) is 5.96. The minimum Gasteiger partial charge on any atom is -0.392 e. The first kappa shape index (κ1) is 24.6. The molecule has 0 atom stereocenters. The molecular weight excluding hydrogens is 496 g/mol. The zero-order valence-corrected chi connectivity index (χ0v) is 21.6. The third-order valence-corrected chi connectivity index (χ3v) is 7.92. The van der Waals surface area contributed by atoms with Crippen molar-refractivity contribution >= 4 is 50.8 Å². The van der Waals surface area contributed by atoms with E-state index in [4.69, 9.17) is 11.6 Å². The molecule has 36 heavy (non-hydrogen) atoms. The summed E-state index contributed by atoms with van der Waals surface area (Å²) in [5, 5.41) is 13.5. The summed E-state index contributed by atoms with van der Waals surface area (Å²) in [6.07, 6.45) is 8.62. The van der Waals surface area contributed by atoms with Crippen molar-refractivity contribution < 1.29 is 14.7 Å². The van der Waals surface area contributed by atoms with Gasteiger partial charge < -0.3 is 5.11 Å². The topological polar surface area (TPSA) is 88.3 Å². The van der Waals surface area contributed by atoms with Gasteiger partial charge in [0.25, 0.3) is 5.91 Å². The molecule has 0 radical (unpaired) electrons. The SMILES string of the molecule is Cc1c(CC(=O)N(c2nccs2)C2CCCCC2)c2cc(CO)ccc2n1C(=O)c1ccc(Cl)nc1. The molecule has 9 heteroatoms. The van der Waals surface area contributed by atoms with Gasteiger partial charge in [-0.2, -0.15) is 0 Å². The van der Waals surface area contributed by atoms with Gasteiger partial charge >= 0.3 is 0 Å². The second kappa shape index (κ2) is 10.5. The molecule has 3 aromatic heterocycles. The summed E-state index contributed by atoms with van der Waals surface area (Å²) >= 11 is 7.39. The van der Waals surface area contributed by atoms with Gasteiger partial charge in [-0.1, -0.05) is 36.9 Å². The van der Waals surface area contributed by atoms with Crippen LogP contribution in [0.25, 0.3) is 10.9 Å². The van der Waals surface area contributed by atoms with E-state index in [0.717, 1.165) is 42.2 Å². The predicted octanol–water partition coefficient (Wildman–Crippen LogP) is 5.54. The number of amides is 1. The lowest BCUT2D eigenvalue weighted by Crippen LogP contribution is -2.42. The van der Waals surface area contributed by atoms with Crippen molar-refractivity contribution in [1.82, 2.24) is 14.5 Å². The maximum absolute atomic E-state index is 13.9. The largest absolute Gasteiger partial charge is 0.392 e. The van der Waals surface area contributed by atoms with Crippen molar-refractivity contribution in [3.63, 3.8) is 0 Å². The molecule has 1 N–H and O–H groups in total. The van der Waals surface area contributed by atoms with Gasteiger partial charge in [0.05, 0.1) is 24.1 Å². The number of aromatic nitrogens is 3. The van der Waals surface area contributed by atoms with Crippen LogP contribution in [0.15, 0.2) is 48.1 Å². The molecule has 1 aliphatic carbocycles. The van der Waals surface area contributed by atoms with E-state index in [2.05, 4.69) is 9.97 Å². The zero-order valence-electron chi connectivity index (χ0n) is 20.0. The molecule has 0 saturated heterocycles. The van der Waals surface area contributed by atoms with Gasteiger partial charge in [-0.15, -0.1) is 11.3 Å². The van der Waals surface area contributed by atoms with E-state index >= 15 is 0 Å². The van der Waals surface area contributed by atoms with E-state index < -0.39 is 0 Å². The second-order valence-corrected chi connectivity index (χ2v) is 10.4. The number of aliphatic hydroxyl groups excluding tert-OH is 1. The van der Waals surface area contributed by atoms with Gasteiger partial charge in [-0.3, -0.25) is 19.1 Å². The molecule has 0 aliphatic heterocycles. The fourth-order valence-electron chi connectivity index (χ4n) is 5.12. The summed E-state index contributed by atoms with van der Waals surface area (Å²) in [4.78, 5) is 37.8. The van der Waals surface area contributed by atoms with Crippen molar-refractivity contribution in [3.8, 4) is 0 Å². The molecule has 3 heterocycles. The number of thiazole rings is 1.